The molecule has 4 aliphatic rings. The van der Waals surface area contributed by atoms with Gasteiger partial charge >= 0.3 is 0 Å². The van der Waals surface area contributed by atoms with E-state index in [9.17, 15) is 0 Å². The molecule has 0 N–H and O–H groups in total. The molecule has 6 atom stereocenters. The molecule has 0 heterocycles. The van der Waals surface area contributed by atoms with Gasteiger partial charge in [-0.1, -0.05) is 27.7 Å². The first-order valence-corrected chi connectivity index (χ1v) is 7.51. The summed E-state index contributed by atoms with van der Waals surface area (Å²) < 4.78 is 0. The fraction of sp³-hybridized carbons (Fsp3) is 1.00. The second-order valence-electron chi connectivity index (χ2n) is 7.95. The third kappa shape index (κ3) is 1.35. The number of rotatable bonds is 2. The van der Waals surface area contributed by atoms with Crippen molar-refractivity contribution in [3.63, 3.8) is 0 Å². The molecule has 4 fully saturated rings. The highest BCUT2D eigenvalue weighted by molar-refractivity contribution is 5.22. The monoisotopic (exact) mass is 234 g/mol. The second-order valence-corrected chi connectivity index (χ2v) is 7.95. The minimum Gasteiger partial charge on any atom is -0.661 e. The van der Waals surface area contributed by atoms with Gasteiger partial charge in [0.1, 0.15) is 0 Å². The van der Waals surface area contributed by atoms with Gasteiger partial charge in [-0.2, -0.15) is 7.05 Å². The molecule has 0 aliphatic heterocycles. The Balaban J connectivity index is 2.01. The fourth-order valence-corrected chi connectivity index (χ4v) is 6.26. The molecule has 0 spiro atoms. The minimum absolute atomic E-state index is 0.520. The SMILES string of the molecule is C[N-][C@@H]1C2(C)CC[C@@H]3[C@H](C2)[C@@H](C(C)C)C[C@@]31C. The molecule has 4 rings (SSSR count). The van der Waals surface area contributed by atoms with Crippen molar-refractivity contribution in [1.82, 2.24) is 0 Å². The van der Waals surface area contributed by atoms with Crippen LogP contribution in [0.4, 0.5) is 0 Å². The lowest BCUT2D eigenvalue weighted by Crippen LogP contribution is -2.56. The topological polar surface area (TPSA) is 14.1 Å². The van der Waals surface area contributed by atoms with Crippen LogP contribution in [0.3, 0.4) is 0 Å². The number of hydrogen-bond donors (Lipinski definition) is 0. The quantitative estimate of drug-likeness (QED) is 0.669. The van der Waals surface area contributed by atoms with E-state index in [0.717, 1.165) is 23.7 Å². The van der Waals surface area contributed by atoms with Crippen molar-refractivity contribution < 1.29 is 0 Å². The smallest absolute Gasteiger partial charge is 0.0342 e. The van der Waals surface area contributed by atoms with Gasteiger partial charge in [0.2, 0.25) is 0 Å². The third-order valence-electron chi connectivity index (χ3n) is 6.72. The maximum atomic E-state index is 4.85. The average Bonchev–Trinajstić information content (AvgIpc) is 2.48. The van der Waals surface area contributed by atoms with Gasteiger partial charge in [-0.15, -0.1) is 6.04 Å². The summed E-state index contributed by atoms with van der Waals surface area (Å²) in [6.07, 6.45) is 5.80. The number of nitrogens with zero attached hydrogens (tertiary/aromatic N) is 1. The predicted octanol–water partition coefficient (Wildman–Crippen LogP) is 4.48. The van der Waals surface area contributed by atoms with Gasteiger partial charge in [0.15, 0.2) is 0 Å². The lowest BCUT2D eigenvalue weighted by atomic mass is 9.48. The van der Waals surface area contributed by atoms with E-state index in [0.29, 0.717) is 16.9 Å². The summed E-state index contributed by atoms with van der Waals surface area (Å²) in [5, 5.41) is 4.85. The van der Waals surface area contributed by atoms with Crippen LogP contribution in [0.2, 0.25) is 0 Å². The van der Waals surface area contributed by atoms with E-state index < -0.39 is 0 Å². The van der Waals surface area contributed by atoms with Crippen LogP contribution in [0.5, 0.6) is 0 Å². The lowest BCUT2D eigenvalue weighted by Gasteiger charge is -2.65. The average molecular weight is 234 g/mol. The molecule has 4 bridgehead atoms. The zero-order chi connectivity index (χ0) is 12.4. The Kier molecular flexibility index (Phi) is 2.47. The molecule has 4 saturated carbocycles. The number of hydrogen-bond acceptors (Lipinski definition) is 0. The van der Waals surface area contributed by atoms with E-state index in [4.69, 9.17) is 5.32 Å². The van der Waals surface area contributed by atoms with Crippen molar-refractivity contribution in [2.45, 2.75) is 59.4 Å². The van der Waals surface area contributed by atoms with Crippen molar-refractivity contribution in [3.8, 4) is 0 Å². The van der Waals surface area contributed by atoms with Crippen molar-refractivity contribution >= 4 is 0 Å². The lowest BCUT2D eigenvalue weighted by molar-refractivity contribution is -0.0548. The molecule has 0 amide bonds. The van der Waals surface area contributed by atoms with Crippen LogP contribution in [-0.2, 0) is 0 Å². The molecule has 4 aliphatic carbocycles. The summed E-state index contributed by atoms with van der Waals surface area (Å²) >= 11 is 0. The summed E-state index contributed by atoms with van der Waals surface area (Å²) in [7, 11) is 2.07. The Labute approximate surface area is 107 Å². The highest BCUT2D eigenvalue weighted by Crippen LogP contribution is 2.71. The summed E-state index contributed by atoms with van der Waals surface area (Å²) in [5.41, 5.74) is 1.05. The molecule has 0 aromatic rings. The third-order valence-corrected chi connectivity index (χ3v) is 6.72. The summed E-state index contributed by atoms with van der Waals surface area (Å²) in [6.45, 7) is 9.95. The van der Waals surface area contributed by atoms with Crippen molar-refractivity contribution in [1.29, 1.82) is 0 Å². The number of fused-ring (bicyclic) bond motifs is 1. The van der Waals surface area contributed by atoms with Crippen molar-refractivity contribution in [2.24, 2.45) is 34.5 Å². The first kappa shape index (κ1) is 12.0. The van der Waals surface area contributed by atoms with Crippen LogP contribution in [0.25, 0.3) is 5.32 Å². The molecule has 1 unspecified atom stereocenters. The van der Waals surface area contributed by atoms with Gasteiger partial charge in [0, 0.05) is 0 Å². The molecular formula is C16H28N-. The zero-order valence-corrected chi connectivity index (χ0v) is 12.2. The first-order chi connectivity index (χ1) is 7.92. The van der Waals surface area contributed by atoms with Crippen molar-refractivity contribution in [2.75, 3.05) is 7.05 Å². The van der Waals surface area contributed by atoms with Gasteiger partial charge in [0.25, 0.3) is 0 Å². The second kappa shape index (κ2) is 3.50. The normalized spacial score (nSPS) is 56.8. The van der Waals surface area contributed by atoms with E-state index in [-0.39, 0.29) is 0 Å². The van der Waals surface area contributed by atoms with E-state index in [2.05, 4.69) is 34.7 Å². The highest BCUT2D eigenvalue weighted by atomic mass is 15.0. The maximum absolute atomic E-state index is 4.85. The first-order valence-electron chi connectivity index (χ1n) is 7.51. The van der Waals surface area contributed by atoms with Crippen LogP contribution in [0.1, 0.15) is 53.4 Å². The van der Waals surface area contributed by atoms with Crippen LogP contribution < -0.4 is 0 Å². The Hall–Kier alpha value is -0.0400. The molecule has 0 saturated heterocycles. The maximum Gasteiger partial charge on any atom is -0.0342 e. The molecule has 0 aromatic carbocycles. The summed E-state index contributed by atoms with van der Waals surface area (Å²) in [6, 6.07) is 0.633. The van der Waals surface area contributed by atoms with Crippen LogP contribution in [-0.4, -0.2) is 13.1 Å². The van der Waals surface area contributed by atoms with E-state index in [1.807, 2.05) is 0 Å². The largest absolute Gasteiger partial charge is 0.661 e. The van der Waals surface area contributed by atoms with Crippen LogP contribution >= 0.6 is 0 Å². The summed E-state index contributed by atoms with van der Waals surface area (Å²) in [4.78, 5) is 0. The molecule has 0 radical (unpaired) electrons. The molecule has 98 valence electrons. The van der Waals surface area contributed by atoms with E-state index in [1.165, 1.54) is 25.7 Å². The van der Waals surface area contributed by atoms with Crippen molar-refractivity contribution in [3.05, 3.63) is 5.32 Å². The van der Waals surface area contributed by atoms with Gasteiger partial charge in [-0.25, -0.2) is 0 Å². The zero-order valence-electron chi connectivity index (χ0n) is 12.2. The van der Waals surface area contributed by atoms with Crippen LogP contribution in [0.15, 0.2) is 0 Å². The van der Waals surface area contributed by atoms with Gasteiger partial charge in [-0.05, 0) is 60.2 Å². The molecular weight excluding hydrogens is 206 g/mol. The Morgan fingerprint density at radius 1 is 1.18 bits per heavy atom. The molecule has 0 aromatic heterocycles. The standard InChI is InChI=1S/C16H28N/c1-10(2)11-9-16(4)13-6-7-15(3,8-12(11)13)14(16)17-5/h10-14H,6-9H2,1-5H3/q-1/t11-,12-,13-,14-,15?,16+/m1/s1. The Morgan fingerprint density at radius 2 is 1.88 bits per heavy atom. The Morgan fingerprint density at radius 3 is 2.47 bits per heavy atom. The van der Waals surface area contributed by atoms with Crippen LogP contribution in [0, 0.1) is 34.5 Å². The molecule has 1 heteroatoms. The fourth-order valence-electron chi connectivity index (χ4n) is 6.26. The predicted molar refractivity (Wildman–Crippen MR) is 73.1 cm³/mol. The van der Waals surface area contributed by atoms with Gasteiger partial charge in [-0.3, -0.25) is 0 Å². The van der Waals surface area contributed by atoms with E-state index in [1.54, 1.807) is 0 Å². The minimum atomic E-state index is 0.520. The molecule has 1 nitrogen and oxygen atoms in total. The van der Waals surface area contributed by atoms with Gasteiger partial charge in [0.05, 0.1) is 0 Å². The van der Waals surface area contributed by atoms with Gasteiger partial charge < -0.3 is 5.32 Å². The molecule has 17 heavy (non-hydrogen) atoms. The Bertz CT molecular complexity index is 323. The highest BCUT2D eigenvalue weighted by Gasteiger charge is 2.62. The van der Waals surface area contributed by atoms with E-state index >= 15 is 0 Å². The summed E-state index contributed by atoms with van der Waals surface area (Å²) in [5.74, 6) is 3.82.